The van der Waals surface area contributed by atoms with Crippen molar-refractivity contribution in [2.24, 2.45) is 0 Å². The van der Waals surface area contributed by atoms with E-state index in [0.717, 1.165) is 16.4 Å². The van der Waals surface area contributed by atoms with Crippen LogP contribution in [0.4, 0.5) is 13.2 Å². The monoisotopic (exact) mass is 464 g/mol. The summed E-state index contributed by atoms with van der Waals surface area (Å²) in [5.41, 5.74) is -1.20. The van der Waals surface area contributed by atoms with Gasteiger partial charge in [-0.3, -0.25) is 9.48 Å². The van der Waals surface area contributed by atoms with Crippen molar-refractivity contribution in [1.82, 2.24) is 19.0 Å². The third-order valence-electron chi connectivity index (χ3n) is 4.81. The van der Waals surface area contributed by atoms with E-state index < -0.39 is 31.7 Å². The molecular formula is C18H20ClF3N4O3S. The smallest absolute Gasteiger partial charge is 0.340 e. The lowest BCUT2D eigenvalue weighted by molar-refractivity contribution is -0.137. The van der Waals surface area contributed by atoms with Gasteiger partial charge in [0.05, 0.1) is 15.5 Å². The molecule has 0 aliphatic carbocycles. The van der Waals surface area contributed by atoms with Crippen molar-refractivity contribution in [2.45, 2.75) is 30.5 Å². The molecule has 3 rings (SSSR count). The minimum absolute atomic E-state index is 0.0111. The van der Waals surface area contributed by atoms with E-state index in [9.17, 15) is 26.4 Å². The van der Waals surface area contributed by atoms with Gasteiger partial charge in [0.1, 0.15) is 0 Å². The molecule has 0 radical (unpaired) electrons. The maximum Gasteiger partial charge on any atom is 0.417 e. The van der Waals surface area contributed by atoms with Crippen LogP contribution in [0, 0.1) is 0 Å². The van der Waals surface area contributed by atoms with Gasteiger partial charge in [0.2, 0.25) is 15.9 Å². The van der Waals surface area contributed by atoms with Crippen LogP contribution in [0.5, 0.6) is 0 Å². The molecule has 0 saturated carbocycles. The number of carbonyl (C=O) groups excluding carboxylic acids is 1. The summed E-state index contributed by atoms with van der Waals surface area (Å²) in [6.45, 7) is 0.985. The van der Waals surface area contributed by atoms with Crippen molar-refractivity contribution >= 4 is 27.5 Å². The molecule has 0 bridgehead atoms. The van der Waals surface area contributed by atoms with Crippen LogP contribution in [0.15, 0.2) is 41.6 Å². The zero-order chi connectivity index (χ0) is 21.9. The van der Waals surface area contributed by atoms with Gasteiger partial charge >= 0.3 is 6.18 Å². The molecular weight excluding hydrogens is 445 g/mol. The summed E-state index contributed by atoms with van der Waals surface area (Å²) in [7, 11) is -4.13. The lowest BCUT2D eigenvalue weighted by atomic mass is 10.2. The van der Waals surface area contributed by atoms with Gasteiger partial charge in [0, 0.05) is 51.5 Å². The molecule has 1 amide bonds. The molecule has 1 aromatic carbocycles. The Bertz CT molecular complexity index is 989. The highest BCUT2D eigenvalue weighted by molar-refractivity contribution is 7.89. The fraction of sp³-hybridized carbons (Fsp3) is 0.444. The van der Waals surface area contributed by atoms with E-state index in [1.807, 2.05) is 0 Å². The molecule has 0 atom stereocenters. The second-order valence-electron chi connectivity index (χ2n) is 6.80. The normalized spacial score (nSPS) is 16.1. The van der Waals surface area contributed by atoms with Crippen LogP contribution in [-0.2, 0) is 27.5 Å². The van der Waals surface area contributed by atoms with Crippen molar-refractivity contribution in [1.29, 1.82) is 0 Å². The molecule has 1 aliphatic rings. The number of piperazine rings is 1. The fourth-order valence-corrected chi connectivity index (χ4v) is 4.87. The summed E-state index contributed by atoms with van der Waals surface area (Å²) in [6, 6.07) is 4.32. The van der Waals surface area contributed by atoms with Gasteiger partial charge in [-0.1, -0.05) is 11.6 Å². The molecule has 1 saturated heterocycles. The standard InChI is InChI=1S/C18H20ClF3N4O3S/c19-16-5-4-14(13-15(16)18(20,21)22)30(28,29)26-11-9-24(10-12-26)17(27)3-1-7-25-8-2-6-23-25/h2,4-6,8,13H,1,3,7,9-12H2. The lowest BCUT2D eigenvalue weighted by Crippen LogP contribution is -2.50. The highest BCUT2D eigenvalue weighted by Crippen LogP contribution is 2.36. The summed E-state index contributed by atoms with van der Waals surface area (Å²) in [5, 5.41) is 3.49. The van der Waals surface area contributed by atoms with Gasteiger partial charge in [-0.2, -0.15) is 22.6 Å². The number of alkyl halides is 3. The first-order chi connectivity index (χ1) is 14.1. The maximum atomic E-state index is 13.0. The first-order valence-electron chi connectivity index (χ1n) is 9.21. The zero-order valence-electron chi connectivity index (χ0n) is 15.8. The minimum Gasteiger partial charge on any atom is -0.340 e. The summed E-state index contributed by atoms with van der Waals surface area (Å²) >= 11 is 5.57. The Hall–Kier alpha value is -2.11. The molecule has 2 aromatic rings. The summed E-state index contributed by atoms with van der Waals surface area (Å²) in [5.74, 6) is -0.0925. The van der Waals surface area contributed by atoms with Crippen molar-refractivity contribution in [3.63, 3.8) is 0 Å². The maximum absolute atomic E-state index is 13.0. The third-order valence-corrected chi connectivity index (χ3v) is 7.03. The topological polar surface area (TPSA) is 75.5 Å². The molecule has 30 heavy (non-hydrogen) atoms. The van der Waals surface area contributed by atoms with Crippen LogP contribution in [-0.4, -0.2) is 59.5 Å². The van der Waals surface area contributed by atoms with Crippen LogP contribution in [0.2, 0.25) is 5.02 Å². The number of hydrogen-bond donors (Lipinski definition) is 0. The molecule has 2 heterocycles. The molecule has 164 valence electrons. The van der Waals surface area contributed by atoms with Crippen LogP contribution in [0.3, 0.4) is 0 Å². The number of aromatic nitrogens is 2. The summed E-state index contributed by atoms with van der Waals surface area (Å²) in [4.78, 5) is 13.4. The number of carbonyl (C=O) groups is 1. The number of aryl methyl sites for hydroxylation is 1. The molecule has 7 nitrogen and oxygen atoms in total. The lowest BCUT2D eigenvalue weighted by Gasteiger charge is -2.34. The van der Waals surface area contributed by atoms with Crippen LogP contribution < -0.4 is 0 Å². The predicted molar refractivity (Wildman–Crippen MR) is 103 cm³/mol. The van der Waals surface area contributed by atoms with Gasteiger partial charge in [-0.25, -0.2) is 8.42 Å². The van der Waals surface area contributed by atoms with Crippen LogP contribution in [0.25, 0.3) is 0 Å². The van der Waals surface area contributed by atoms with Gasteiger partial charge in [0.15, 0.2) is 0 Å². The molecule has 1 fully saturated rings. The quantitative estimate of drug-likeness (QED) is 0.658. The third kappa shape index (κ3) is 5.13. The minimum atomic E-state index is -4.76. The van der Waals surface area contributed by atoms with Gasteiger partial charge in [-0.05, 0) is 30.7 Å². The SMILES string of the molecule is O=C(CCCn1cccn1)N1CCN(S(=O)(=O)c2ccc(Cl)c(C(F)(F)F)c2)CC1. The average molecular weight is 465 g/mol. The van der Waals surface area contributed by atoms with Crippen molar-refractivity contribution in [3.05, 3.63) is 47.2 Å². The molecule has 1 aromatic heterocycles. The molecule has 12 heteroatoms. The number of amides is 1. The highest BCUT2D eigenvalue weighted by atomic mass is 35.5. The Morgan fingerprint density at radius 3 is 2.47 bits per heavy atom. The summed E-state index contributed by atoms with van der Waals surface area (Å²) in [6.07, 6.45) is -0.401. The number of halogens is 4. The summed E-state index contributed by atoms with van der Waals surface area (Å²) < 4.78 is 67.5. The fourth-order valence-electron chi connectivity index (χ4n) is 3.19. The van der Waals surface area contributed by atoms with E-state index in [4.69, 9.17) is 11.6 Å². The largest absolute Gasteiger partial charge is 0.417 e. The second-order valence-corrected chi connectivity index (χ2v) is 9.14. The Morgan fingerprint density at radius 2 is 1.87 bits per heavy atom. The highest BCUT2D eigenvalue weighted by Gasteiger charge is 2.36. The Morgan fingerprint density at radius 1 is 1.17 bits per heavy atom. The van der Waals surface area contributed by atoms with Gasteiger partial charge < -0.3 is 4.90 Å². The van der Waals surface area contributed by atoms with Gasteiger partial charge in [0.25, 0.3) is 0 Å². The first kappa shape index (κ1) is 22.6. The Labute approximate surface area is 177 Å². The number of hydrogen-bond acceptors (Lipinski definition) is 4. The number of sulfonamides is 1. The molecule has 0 N–H and O–H groups in total. The predicted octanol–water partition coefficient (Wildman–Crippen LogP) is 2.87. The van der Waals surface area contributed by atoms with E-state index in [1.54, 1.807) is 28.0 Å². The number of benzene rings is 1. The number of nitrogens with zero attached hydrogens (tertiary/aromatic N) is 4. The van der Waals surface area contributed by atoms with Crippen LogP contribution >= 0.6 is 11.6 Å². The number of rotatable bonds is 6. The van der Waals surface area contributed by atoms with Crippen molar-refractivity contribution < 1.29 is 26.4 Å². The van der Waals surface area contributed by atoms with E-state index in [0.29, 0.717) is 25.5 Å². The molecule has 1 aliphatic heterocycles. The molecule has 0 unspecified atom stereocenters. The molecule has 0 spiro atoms. The van der Waals surface area contributed by atoms with E-state index in [2.05, 4.69) is 5.10 Å². The Balaban J connectivity index is 1.59. The van der Waals surface area contributed by atoms with Crippen molar-refractivity contribution in [3.8, 4) is 0 Å². The van der Waals surface area contributed by atoms with E-state index >= 15 is 0 Å². The first-order valence-corrected chi connectivity index (χ1v) is 11.0. The van der Waals surface area contributed by atoms with Gasteiger partial charge in [-0.15, -0.1) is 0 Å². The average Bonchev–Trinajstić information content (AvgIpc) is 3.21. The van der Waals surface area contributed by atoms with E-state index in [-0.39, 0.29) is 32.1 Å². The van der Waals surface area contributed by atoms with Crippen LogP contribution in [0.1, 0.15) is 18.4 Å². The zero-order valence-corrected chi connectivity index (χ0v) is 17.4. The van der Waals surface area contributed by atoms with Crippen molar-refractivity contribution in [2.75, 3.05) is 26.2 Å². The second kappa shape index (κ2) is 8.94. The Kier molecular flexibility index (Phi) is 6.73. The van der Waals surface area contributed by atoms with E-state index in [1.165, 1.54) is 0 Å².